The lowest BCUT2D eigenvalue weighted by atomic mass is 9.89. The maximum absolute atomic E-state index is 13.2. The van der Waals surface area contributed by atoms with Gasteiger partial charge in [-0.2, -0.15) is 0 Å². The summed E-state index contributed by atoms with van der Waals surface area (Å²) in [6, 6.07) is 28.4. The van der Waals surface area contributed by atoms with Crippen molar-refractivity contribution in [2.75, 3.05) is 20.6 Å². The summed E-state index contributed by atoms with van der Waals surface area (Å²) in [4.78, 5) is 15.3. The van der Waals surface area contributed by atoms with E-state index in [-0.39, 0.29) is 24.1 Å². The number of rotatable bonds is 7. The Kier molecular flexibility index (Phi) is 7.78. The van der Waals surface area contributed by atoms with Crippen molar-refractivity contribution in [3.8, 4) is 11.1 Å². The van der Waals surface area contributed by atoms with Gasteiger partial charge in [-0.1, -0.05) is 78.9 Å². The minimum atomic E-state index is -0.0570. The second-order valence-corrected chi connectivity index (χ2v) is 6.96. The van der Waals surface area contributed by atoms with Crippen LogP contribution in [0, 0.1) is 5.92 Å². The third-order valence-electron chi connectivity index (χ3n) is 4.54. The maximum atomic E-state index is 13.2. The molecule has 1 unspecified atom stereocenters. The highest BCUT2D eigenvalue weighted by Gasteiger charge is 2.21. The Morgan fingerprint density at radius 3 is 2.04 bits per heavy atom. The molecule has 0 aliphatic heterocycles. The molecule has 140 valence electrons. The van der Waals surface area contributed by atoms with Crippen molar-refractivity contribution in [3.63, 3.8) is 0 Å². The van der Waals surface area contributed by atoms with Gasteiger partial charge in [-0.05, 0) is 43.3 Å². The van der Waals surface area contributed by atoms with Crippen molar-refractivity contribution in [1.82, 2.24) is 4.90 Å². The van der Waals surface area contributed by atoms with E-state index in [9.17, 15) is 4.79 Å². The summed E-state index contributed by atoms with van der Waals surface area (Å²) in [5, 5.41) is 0. The minimum absolute atomic E-state index is 0. The van der Waals surface area contributed by atoms with Gasteiger partial charge in [-0.3, -0.25) is 4.79 Å². The molecule has 0 saturated heterocycles. The van der Waals surface area contributed by atoms with Crippen molar-refractivity contribution in [1.29, 1.82) is 0 Å². The number of benzene rings is 3. The molecular formula is C24H26ClNO. The first kappa shape index (κ1) is 20.9. The van der Waals surface area contributed by atoms with Crippen LogP contribution in [0.3, 0.4) is 0 Å². The number of hydrogen-bond acceptors (Lipinski definition) is 2. The number of carbonyl (C=O) groups is 1. The van der Waals surface area contributed by atoms with Crippen LogP contribution < -0.4 is 0 Å². The quantitative estimate of drug-likeness (QED) is 0.514. The van der Waals surface area contributed by atoms with Crippen LogP contribution in [0.15, 0.2) is 84.9 Å². The van der Waals surface area contributed by atoms with E-state index in [2.05, 4.69) is 35.2 Å². The Bertz CT molecular complexity index is 847. The molecule has 0 N–H and O–H groups in total. The van der Waals surface area contributed by atoms with E-state index in [1.165, 1.54) is 5.56 Å². The Balaban J connectivity index is 0.00000261. The van der Waals surface area contributed by atoms with Gasteiger partial charge in [0, 0.05) is 18.0 Å². The molecule has 27 heavy (non-hydrogen) atoms. The molecule has 0 radical (unpaired) electrons. The second kappa shape index (κ2) is 10.1. The molecule has 0 bridgehead atoms. The predicted octanol–water partition coefficient (Wildman–Crippen LogP) is 5.38. The summed E-state index contributed by atoms with van der Waals surface area (Å²) in [6.07, 6.45) is 0.757. The van der Waals surface area contributed by atoms with Gasteiger partial charge in [0.15, 0.2) is 5.78 Å². The van der Waals surface area contributed by atoms with Gasteiger partial charge in [-0.25, -0.2) is 0 Å². The highest BCUT2D eigenvalue weighted by atomic mass is 35.5. The summed E-state index contributed by atoms with van der Waals surface area (Å²) in [6.45, 7) is 0.739. The molecule has 3 aromatic rings. The van der Waals surface area contributed by atoms with Crippen molar-refractivity contribution in [2.24, 2.45) is 5.92 Å². The van der Waals surface area contributed by atoms with Gasteiger partial charge in [-0.15, -0.1) is 12.4 Å². The van der Waals surface area contributed by atoms with Crippen LogP contribution in [0.25, 0.3) is 11.1 Å². The van der Waals surface area contributed by atoms with Crippen LogP contribution in [-0.4, -0.2) is 31.3 Å². The van der Waals surface area contributed by atoms with Gasteiger partial charge in [0.1, 0.15) is 0 Å². The Labute approximate surface area is 168 Å². The lowest BCUT2D eigenvalue weighted by Crippen LogP contribution is -2.29. The number of hydrogen-bond donors (Lipinski definition) is 0. The van der Waals surface area contributed by atoms with Crippen molar-refractivity contribution < 1.29 is 4.79 Å². The average Bonchev–Trinajstić information content (AvgIpc) is 2.68. The monoisotopic (exact) mass is 379 g/mol. The lowest BCUT2D eigenvalue weighted by Gasteiger charge is -2.20. The highest BCUT2D eigenvalue weighted by molar-refractivity contribution is 5.99. The number of nitrogens with zero attached hydrogens (tertiary/aromatic N) is 1. The SMILES string of the molecule is CN(C)CC(Cc1ccccc1)C(=O)c1cccc(-c2ccccc2)c1.Cl. The fourth-order valence-electron chi connectivity index (χ4n) is 3.30. The molecule has 0 amide bonds. The van der Waals surface area contributed by atoms with Crippen molar-refractivity contribution >= 4 is 18.2 Å². The third-order valence-corrected chi connectivity index (χ3v) is 4.54. The van der Waals surface area contributed by atoms with E-state index in [0.29, 0.717) is 0 Å². The van der Waals surface area contributed by atoms with E-state index in [1.54, 1.807) is 0 Å². The van der Waals surface area contributed by atoms with E-state index < -0.39 is 0 Å². The fourth-order valence-corrected chi connectivity index (χ4v) is 3.30. The van der Waals surface area contributed by atoms with Gasteiger partial charge in [0.2, 0.25) is 0 Å². The summed E-state index contributed by atoms with van der Waals surface area (Å²) in [7, 11) is 4.04. The molecule has 2 nitrogen and oxygen atoms in total. The lowest BCUT2D eigenvalue weighted by molar-refractivity contribution is 0.0896. The van der Waals surface area contributed by atoms with Crippen LogP contribution >= 0.6 is 12.4 Å². The van der Waals surface area contributed by atoms with Crippen molar-refractivity contribution in [3.05, 3.63) is 96.1 Å². The largest absolute Gasteiger partial charge is 0.309 e. The molecule has 0 spiro atoms. The molecule has 1 atom stereocenters. The molecule has 0 aliphatic rings. The van der Waals surface area contributed by atoms with Gasteiger partial charge >= 0.3 is 0 Å². The van der Waals surface area contributed by atoms with Crippen LogP contribution in [0.5, 0.6) is 0 Å². The summed E-state index contributed by atoms with van der Waals surface area (Å²) >= 11 is 0. The Morgan fingerprint density at radius 1 is 0.815 bits per heavy atom. The van der Waals surface area contributed by atoms with Crippen LogP contribution in [0.4, 0.5) is 0 Å². The van der Waals surface area contributed by atoms with Gasteiger partial charge in [0.25, 0.3) is 0 Å². The standard InChI is InChI=1S/C24H25NO.ClH/c1-25(2)18-23(16-19-10-5-3-6-11-19)24(26)22-15-9-14-21(17-22)20-12-7-4-8-13-20;/h3-15,17,23H,16,18H2,1-2H3;1H. The average molecular weight is 380 g/mol. The van der Waals surface area contributed by atoms with Crippen molar-refractivity contribution in [2.45, 2.75) is 6.42 Å². The first-order chi connectivity index (χ1) is 12.6. The number of Topliss-reactive ketones (excluding diaryl/α,β-unsaturated/α-hetero) is 1. The second-order valence-electron chi connectivity index (χ2n) is 6.96. The first-order valence-corrected chi connectivity index (χ1v) is 9.02. The number of ketones is 1. The summed E-state index contributed by atoms with van der Waals surface area (Å²) in [5.74, 6) is 0.152. The molecule has 3 rings (SSSR count). The molecular weight excluding hydrogens is 354 g/mol. The Morgan fingerprint density at radius 2 is 1.41 bits per heavy atom. The first-order valence-electron chi connectivity index (χ1n) is 9.02. The molecule has 0 aliphatic carbocycles. The molecule has 0 fully saturated rings. The Hall–Kier alpha value is -2.42. The minimum Gasteiger partial charge on any atom is -0.309 e. The van der Waals surface area contributed by atoms with Gasteiger partial charge in [0.05, 0.1) is 0 Å². The zero-order valence-corrected chi connectivity index (χ0v) is 16.7. The van der Waals surface area contributed by atoms with E-state index in [1.807, 2.05) is 68.7 Å². The molecule has 0 aromatic heterocycles. The fraction of sp³-hybridized carbons (Fsp3) is 0.208. The van der Waals surface area contributed by atoms with Gasteiger partial charge < -0.3 is 4.90 Å². The molecule has 0 saturated carbocycles. The molecule has 3 heteroatoms. The summed E-state index contributed by atoms with van der Waals surface area (Å²) in [5.41, 5.74) is 4.20. The van der Waals surface area contributed by atoms with Crippen LogP contribution in [0.2, 0.25) is 0 Å². The maximum Gasteiger partial charge on any atom is 0.167 e. The normalized spacial score (nSPS) is 11.7. The van der Waals surface area contributed by atoms with E-state index in [4.69, 9.17) is 0 Å². The molecule has 3 aromatic carbocycles. The predicted molar refractivity (Wildman–Crippen MR) is 116 cm³/mol. The van der Waals surface area contributed by atoms with Crippen LogP contribution in [0.1, 0.15) is 15.9 Å². The summed E-state index contributed by atoms with van der Waals surface area (Å²) < 4.78 is 0. The zero-order chi connectivity index (χ0) is 18.4. The third kappa shape index (κ3) is 5.78. The van der Waals surface area contributed by atoms with Crippen LogP contribution in [-0.2, 0) is 6.42 Å². The molecule has 0 heterocycles. The number of carbonyl (C=O) groups excluding carboxylic acids is 1. The highest BCUT2D eigenvalue weighted by Crippen LogP contribution is 2.23. The number of halogens is 1. The topological polar surface area (TPSA) is 20.3 Å². The van der Waals surface area contributed by atoms with E-state index >= 15 is 0 Å². The van der Waals surface area contributed by atoms with E-state index in [0.717, 1.165) is 29.7 Å². The zero-order valence-electron chi connectivity index (χ0n) is 15.8. The smallest absolute Gasteiger partial charge is 0.167 e.